The highest BCUT2D eigenvalue weighted by atomic mass is 16.6. The molecule has 0 bridgehead atoms. The first kappa shape index (κ1) is 46.8. The highest BCUT2D eigenvalue weighted by Gasteiger charge is 2.28. The van der Waals surface area contributed by atoms with Crippen LogP contribution in [0, 0.1) is 0 Å². The van der Waals surface area contributed by atoms with Crippen LogP contribution in [0.1, 0.15) is 114 Å². The highest BCUT2D eigenvalue weighted by Crippen LogP contribution is 2.44. The minimum atomic E-state index is -0.443. The molecule has 55 heavy (non-hydrogen) atoms. The van der Waals surface area contributed by atoms with Crippen molar-refractivity contribution in [1.82, 2.24) is 5.32 Å². The molecule has 10 heteroatoms. The Balaban J connectivity index is 0.941. The summed E-state index contributed by atoms with van der Waals surface area (Å²) < 4.78 is 44.5. The molecule has 0 unspecified atom stereocenters. The summed E-state index contributed by atoms with van der Waals surface area (Å²) in [5, 5.41) is 2.75. The van der Waals surface area contributed by atoms with Crippen molar-refractivity contribution in [2.75, 3.05) is 106 Å². The smallest absolute Gasteiger partial charge is 0.407 e. The summed E-state index contributed by atoms with van der Waals surface area (Å²) in [6.07, 6.45) is 18.8. The molecular formula is C45H73NO9. The monoisotopic (exact) mass is 772 g/mol. The van der Waals surface area contributed by atoms with Gasteiger partial charge in [-0.05, 0) is 28.7 Å². The van der Waals surface area contributed by atoms with Gasteiger partial charge in [0.1, 0.15) is 6.61 Å². The summed E-state index contributed by atoms with van der Waals surface area (Å²) >= 11 is 0. The maximum absolute atomic E-state index is 12.3. The minimum Gasteiger partial charge on any atom is -0.449 e. The Labute approximate surface area is 332 Å². The van der Waals surface area contributed by atoms with Crippen LogP contribution >= 0.6 is 0 Å². The lowest BCUT2D eigenvalue weighted by Gasteiger charge is -2.14. The van der Waals surface area contributed by atoms with Crippen LogP contribution in [0.15, 0.2) is 48.5 Å². The van der Waals surface area contributed by atoms with E-state index in [2.05, 4.69) is 36.5 Å². The first-order valence-corrected chi connectivity index (χ1v) is 21.4. The molecule has 1 N–H and O–H groups in total. The summed E-state index contributed by atoms with van der Waals surface area (Å²) in [5.74, 6) is 0.0446. The van der Waals surface area contributed by atoms with E-state index in [4.69, 9.17) is 37.9 Å². The van der Waals surface area contributed by atoms with Gasteiger partial charge in [-0.2, -0.15) is 0 Å². The lowest BCUT2D eigenvalue weighted by molar-refractivity contribution is -0.0204. The Morgan fingerprint density at radius 1 is 0.455 bits per heavy atom. The second-order valence-electron chi connectivity index (χ2n) is 14.1. The van der Waals surface area contributed by atoms with Gasteiger partial charge in [0.15, 0.2) is 0 Å². The fraction of sp³-hybridized carbons (Fsp3) is 0.711. The van der Waals surface area contributed by atoms with Gasteiger partial charge in [0.2, 0.25) is 0 Å². The van der Waals surface area contributed by atoms with E-state index in [1.807, 2.05) is 24.3 Å². The largest absolute Gasteiger partial charge is 0.449 e. The number of fused-ring (bicyclic) bond motifs is 3. The van der Waals surface area contributed by atoms with Crippen molar-refractivity contribution in [1.29, 1.82) is 0 Å². The van der Waals surface area contributed by atoms with Crippen LogP contribution in [-0.2, 0) is 37.9 Å². The zero-order valence-corrected chi connectivity index (χ0v) is 34.1. The third-order valence-electron chi connectivity index (χ3n) is 9.73. The van der Waals surface area contributed by atoms with Crippen LogP contribution in [0.4, 0.5) is 4.79 Å². The number of carbonyl (C=O) groups excluding carboxylic acids is 1. The lowest BCUT2D eigenvalue weighted by Crippen LogP contribution is -2.29. The number of alkyl carbamates (subject to hydrolysis) is 1. The summed E-state index contributed by atoms with van der Waals surface area (Å²) in [7, 11) is 0. The van der Waals surface area contributed by atoms with E-state index in [1.54, 1.807) is 0 Å². The molecule has 0 fully saturated rings. The average Bonchev–Trinajstić information content (AvgIpc) is 3.53. The Bertz CT molecular complexity index is 1150. The normalized spacial score (nSPS) is 12.2. The van der Waals surface area contributed by atoms with E-state index in [0.717, 1.165) is 13.0 Å². The van der Waals surface area contributed by atoms with Gasteiger partial charge in [-0.3, -0.25) is 0 Å². The molecule has 2 aromatic carbocycles. The van der Waals surface area contributed by atoms with E-state index in [0.29, 0.717) is 99.0 Å². The van der Waals surface area contributed by atoms with Gasteiger partial charge in [0.25, 0.3) is 0 Å². The first-order chi connectivity index (χ1) is 27.3. The molecule has 0 atom stereocenters. The number of hydrogen-bond donors (Lipinski definition) is 1. The predicted molar refractivity (Wildman–Crippen MR) is 219 cm³/mol. The molecule has 0 aromatic heterocycles. The maximum atomic E-state index is 12.3. The van der Waals surface area contributed by atoms with Crippen LogP contribution in [0.25, 0.3) is 11.1 Å². The number of amides is 1. The van der Waals surface area contributed by atoms with Gasteiger partial charge < -0.3 is 43.2 Å². The summed E-state index contributed by atoms with van der Waals surface area (Å²) in [5.41, 5.74) is 4.80. The molecular weight excluding hydrogens is 698 g/mol. The second-order valence-corrected chi connectivity index (χ2v) is 14.1. The van der Waals surface area contributed by atoms with E-state index in [-0.39, 0.29) is 5.92 Å². The van der Waals surface area contributed by atoms with Crippen LogP contribution < -0.4 is 5.32 Å². The van der Waals surface area contributed by atoms with Gasteiger partial charge in [-0.1, -0.05) is 139 Å². The number of rotatable bonds is 38. The molecule has 3 rings (SSSR count). The molecule has 0 radical (unpaired) electrons. The predicted octanol–water partition coefficient (Wildman–Crippen LogP) is 9.12. The van der Waals surface area contributed by atoms with Gasteiger partial charge in [-0.15, -0.1) is 0 Å². The summed E-state index contributed by atoms with van der Waals surface area (Å²) in [6, 6.07) is 16.6. The molecule has 0 spiro atoms. The fourth-order valence-corrected chi connectivity index (χ4v) is 6.69. The van der Waals surface area contributed by atoms with E-state index in [9.17, 15) is 4.79 Å². The minimum absolute atomic E-state index is 0.0446. The third-order valence-corrected chi connectivity index (χ3v) is 9.73. The average molecular weight is 772 g/mol. The van der Waals surface area contributed by atoms with Crippen molar-refractivity contribution in [2.24, 2.45) is 0 Å². The number of unbranched alkanes of at least 4 members (excludes halogenated alkanes) is 13. The summed E-state index contributed by atoms with van der Waals surface area (Å²) in [4.78, 5) is 12.3. The Morgan fingerprint density at radius 2 is 0.800 bits per heavy atom. The van der Waals surface area contributed by atoms with Crippen molar-refractivity contribution < 1.29 is 42.7 Å². The number of ether oxygens (including phenoxy) is 8. The molecule has 0 heterocycles. The standard InChI is InChI=1S/C45H73NO9/c1-2-3-4-5-6-7-8-9-10-11-12-13-14-19-25-48-27-29-50-31-33-52-35-37-54-38-36-53-34-32-51-30-28-49-26-24-46-45(47)55-39-44-42-22-17-15-20-40(42)41-21-16-18-23-43(41)44/h15-18,20-23,44H,2-14,19,24-39H2,1H3,(H,46,47). The first-order valence-electron chi connectivity index (χ1n) is 21.4. The Hall–Kier alpha value is -2.57. The van der Waals surface area contributed by atoms with E-state index in [1.165, 1.54) is 106 Å². The van der Waals surface area contributed by atoms with Crippen molar-refractivity contribution in [2.45, 2.75) is 103 Å². The zero-order chi connectivity index (χ0) is 38.7. The SMILES string of the molecule is CCCCCCCCCCCCCCCCOCCOCCOCCOCCOCCOCCOCCNC(=O)OCC1c2ccccc2-c2ccccc21. The zero-order valence-electron chi connectivity index (χ0n) is 34.1. The van der Waals surface area contributed by atoms with Crippen molar-refractivity contribution in [3.05, 3.63) is 59.7 Å². The van der Waals surface area contributed by atoms with Gasteiger partial charge >= 0.3 is 6.09 Å². The van der Waals surface area contributed by atoms with Gasteiger partial charge in [0.05, 0.1) is 85.9 Å². The quantitative estimate of drug-likeness (QED) is 0.0670. The molecule has 312 valence electrons. The van der Waals surface area contributed by atoms with Gasteiger partial charge in [0, 0.05) is 19.1 Å². The number of hydrogen-bond acceptors (Lipinski definition) is 9. The second kappa shape index (κ2) is 33.6. The molecule has 0 aliphatic heterocycles. The Kier molecular flexibility index (Phi) is 28.6. The molecule has 1 aliphatic carbocycles. The molecule has 0 saturated carbocycles. The molecule has 2 aromatic rings. The Morgan fingerprint density at radius 3 is 1.22 bits per heavy atom. The number of carbonyl (C=O) groups is 1. The lowest BCUT2D eigenvalue weighted by atomic mass is 9.98. The van der Waals surface area contributed by atoms with Gasteiger partial charge in [-0.25, -0.2) is 4.79 Å². The van der Waals surface area contributed by atoms with Crippen LogP contribution in [0.5, 0.6) is 0 Å². The third kappa shape index (κ3) is 22.7. The maximum Gasteiger partial charge on any atom is 0.407 e. The van der Waals surface area contributed by atoms with Crippen LogP contribution in [0.2, 0.25) is 0 Å². The van der Waals surface area contributed by atoms with Crippen LogP contribution in [0.3, 0.4) is 0 Å². The summed E-state index contributed by atoms with van der Waals surface area (Å²) in [6.45, 7) is 10.5. The number of benzene rings is 2. The number of nitrogens with one attached hydrogen (secondary N) is 1. The fourth-order valence-electron chi connectivity index (χ4n) is 6.69. The molecule has 1 amide bonds. The van der Waals surface area contributed by atoms with Crippen molar-refractivity contribution >= 4 is 6.09 Å². The highest BCUT2D eigenvalue weighted by molar-refractivity contribution is 5.79. The molecule has 0 saturated heterocycles. The van der Waals surface area contributed by atoms with Crippen molar-refractivity contribution in [3.63, 3.8) is 0 Å². The van der Waals surface area contributed by atoms with Crippen molar-refractivity contribution in [3.8, 4) is 11.1 Å². The topological polar surface area (TPSA) is 103 Å². The van der Waals surface area contributed by atoms with E-state index < -0.39 is 6.09 Å². The van der Waals surface area contributed by atoms with Crippen LogP contribution in [-0.4, -0.2) is 112 Å². The molecule has 10 nitrogen and oxygen atoms in total. The molecule has 1 aliphatic rings. The van der Waals surface area contributed by atoms with E-state index >= 15 is 0 Å².